The van der Waals surface area contributed by atoms with Gasteiger partial charge in [-0.15, -0.1) is 0 Å². The van der Waals surface area contributed by atoms with Gasteiger partial charge in [0.1, 0.15) is 0 Å². The van der Waals surface area contributed by atoms with Crippen LogP contribution in [0.2, 0.25) is 0 Å². The molecular formula is C9H14O6. The lowest BCUT2D eigenvalue weighted by atomic mass is 9.82. The second kappa shape index (κ2) is 5.33. The SMILES string of the molecule is CC(C(=O)O)C(C)C(CC(=O)O)C(=O)O. The van der Waals surface area contributed by atoms with Crippen LogP contribution in [0.25, 0.3) is 0 Å². The fourth-order valence-corrected chi connectivity index (χ4v) is 1.26. The molecule has 3 N–H and O–H groups in total. The minimum atomic E-state index is -1.28. The van der Waals surface area contributed by atoms with Gasteiger partial charge < -0.3 is 15.3 Å². The Bertz CT molecular complexity index is 272. The molecule has 0 fully saturated rings. The van der Waals surface area contributed by atoms with E-state index in [0.29, 0.717) is 0 Å². The summed E-state index contributed by atoms with van der Waals surface area (Å²) in [7, 11) is 0. The van der Waals surface area contributed by atoms with Crippen LogP contribution in [0.1, 0.15) is 20.3 Å². The third kappa shape index (κ3) is 3.97. The van der Waals surface area contributed by atoms with E-state index in [1.807, 2.05) is 0 Å². The highest BCUT2D eigenvalue weighted by atomic mass is 16.4. The first-order valence-corrected chi connectivity index (χ1v) is 4.44. The van der Waals surface area contributed by atoms with E-state index in [2.05, 4.69) is 0 Å². The summed E-state index contributed by atoms with van der Waals surface area (Å²) in [4.78, 5) is 31.8. The highest BCUT2D eigenvalue weighted by Crippen LogP contribution is 2.24. The summed E-state index contributed by atoms with van der Waals surface area (Å²) < 4.78 is 0. The van der Waals surface area contributed by atoms with Crippen LogP contribution in [0.5, 0.6) is 0 Å². The topological polar surface area (TPSA) is 112 Å². The summed E-state index contributed by atoms with van der Waals surface area (Å²) in [5, 5.41) is 25.9. The third-order valence-electron chi connectivity index (χ3n) is 2.52. The van der Waals surface area contributed by atoms with Gasteiger partial charge in [0.05, 0.1) is 18.3 Å². The van der Waals surface area contributed by atoms with Gasteiger partial charge >= 0.3 is 17.9 Å². The van der Waals surface area contributed by atoms with Gasteiger partial charge in [-0.2, -0.15) is 0 Å². The van der Waals surface area contributed by atoms with E-state index in [1.165, 1.54) is 13.8 Å². The maximum absolute atomic E-state index is 10.7. The zero-order chi connectivity index (χ0) is 12.2. The van der Waals surface area contributed by atoms with Gasteiger partial charge in [-0.1, -0.05) is 13.8 Å². The highest BCUT2D eigenvalue weighted by molar-refractivity contribution is 5.79. The average Bonchev–Trinajstić information content (AvgIpc) is 2.10. The van der Waals surface area contributed by atoms with E-state index < -0.39 is 42.1 Å². The van der Waals surface area contributed by atoms with Crippen molar-refractivity contribution in [2.45, 2.75) is 20.3 Å². The molecule has 0 amide bonds. The smallest absolute Gasteiger partial charge is 0.307 e. The lowest BCUT2D eigenvalue weighted by Crippen LogP contribution is -2.31. The largest absolute Gasteiger partial charge is 0.481 e. The summed E-state index contributed by atoms with van der Waals surface area (Å²) in [6.07, 6.45) is -0.561. The Morgan fingerprint density at radius 2 is 1.47 bits per heavy atom. The van der Waals surface area contributed by atoms with Crippen LogP contribution in [-0.2, 0) is 14.4 Å². The Morgan fingerprint density at radius 3 is 1.73 bits per heavy atom. The van der Waals surface area contributed by atoms with Crippen LogP contribution < -0.4 is 0 Å². The third-order valence-corrected chi connectivity index (χ3v) is 2.52. The van der Waals surface area contributed by atoms with Crippen LogP contribution in [0, 0.1) is 17.8 Å². The van der Waals surface area contributed by atoms with E-state index in [4.69, 9.17) is 15.3 Å². The van der Waals surface area contributed by atoms with Gasteiger partial charge in [0.15, 0.2) is 0 Å². The maximum atomic E-state index is 10.7. The average molecular weight is 218 g/mol. The van der Waals surface area contributed by atoms with Crippen molar-refractivity contribution < 1.29 is 29.7 Å². The first kappa shape index (κ1) is 13.4. The number of aliphatic carboxylic acids is 3. The van der Waals surface area contributed by atoms with Gasteiger partial charge in [0.25, 0.3) is 0 Å². The zero-order valence-corrected chi connectivity index (χ0v) is 8.51. The molecule has 0 saturated carbocycles. The first-order valence-electron chi connectivity index (χ1n) is 4.44. The molecule has 0 aromatic heterocycles. The maximum Gasteiger partial charge on any atom is 0.307 e. The fourth-order valence-electron chi connectivity index (χ4n) is 1.26. The first-order chi connectivity index (χ1) is 6.77. The van der Waals surface area contributed by atoms with Gasteiger partial charge in [-0.05, 0) is 5.92 Å². The molecule has 0 aromatic rings. The van der Waals surface area contributed by atoms with Crippen molar-refractivity contribution in [1.82, 2.24) is 0 Å². The molecule has 0 heterocycles. The summed E-state index contributed by atoms with van der Waals surface area (Å²) in [6.45, 7) is 2.80. The highest BCUT2D eigenvalue weighted by Gasteiger charge is 2.33. The molecular weight excluding hydrogens is 204 g/mol. The number of carboxylic acid groups (broad SMARTS) is 3. The van der Waals surface area contributed by atoms with E-state index in [-0.39, 0.29) is 0 Å². The fraction of sp³-hybridized carbons (Fsp3) is 0.667. The minimum Gasteiger partial charge on any atom is -0.481 e. The van der Waals surface area contributed by atoms with Crippen LogP contribution in [-0.4, -0.2) is 33.2 Å². The molecule has 0 aliphatic carbocycles. The van der Waals surface area contributed by atoms with Gasteiger partial charge in [-0.3, -0.25) is 14.4 Å². The van der Waals surface area contributed by atoms with Gasteiger partial charge in [0.2, 0.25) is 0 Å². The van der Waals surface area contributed by atoms with Crippen molar-refractivity contribution in [3.05, 3.63) is 0 Å². The van der Waals surface area contributed by atoms with Gasteiger partial charge in [-0.25, -0.2) is 0 Å². The summed E-state index contributed by atoms with van der Waals surface area (Å²) in [6, 6.07) is 0. The Hall–Kier alpha value is -1.59. The summed E-state index contributed by atoms with van der Waals surface area (Å²) in [5.41, 5.74) is 0. The van der Waals surface area contributed by atoms with E-state index in [0.717, 1.165) is 0 Å². The molecule has 0 radical (unpaired) electrons. The molecule has 6 heteroatoms. The van der Waals surface area contributed by atoms with Crippen molar-refractivity contribution in [2.75, 3.05) is 0 Å². The Labute approximate surface area is 86.5 Å². The molecule has 0 spiro atoms. The van der Waals surface area contributed by atoms with E-state index >= 15 is 0 Å². The normalized spacial score (nSPS) is 16.4. The van der Waals surface area contributed by atoms with Gasteiger partial charge in [0, 0.05) is 0 Å². The lowest BCUT2D eigenvalue weighted by molar-refractivity contribution is -0.153. The molecule has 6 nitrogen and oxygen atoms in total. The van der Waals surface area contributed by atoms with Crippen molar-refractivity contribution in [1.29, 1.82) is 0 Å². The molecule has 0 saturated heterocycles. The number of rotatable bonds is 6. The second-order valence-corrected chi connectivity index (χ2v) is 3.53. The monoisotopic (exact) mass is 218 g/mol. The standard InChI is InChI=1S/C9H14O6/c1-4(5(2)8(12)13)6(9(14)15)3-7(10)11/h4-6H,3H2,1-2H3,(H,10,11)(H,12,13)(H,14,15). The lowest BCUT2D eigenvalue weighted by Gasteiger charge is -2.21. The quantitative estimate of drug-likeness (QED) is 0.599. The minimum absolute atomic E-state index is 0.561. The number of carboxylic acids is 3. The molecule has 86 valence electrons. The molecule has 0 rings (SSSR count). The van der Waals surface area contributed by atoms with Crippen molar-refractivity contribution >= 4 is 17.9 Å². The molecule has 3 atom stereocenters. The Balaban J connectivity index is 4.69. The van der Waals surface area contributed by atoms with Crippen LogP contribution in [0.3, 0.4) is 0 Å². The predicted octanol–water partition coefficient (Wildman–Crippen LogP) is 0.519. The summed E-state index contributed by atoms with van der Waals surface area (Å²) >= 11 is 0. The number of carbonyl (C=O) groups is 3. The van der Waals surface area contributed by atoms with E-state index in [9.17, 15) is 14.4 Å². The molecule has 3 unspecified atom stereocenters. The molecule has 0 bridgehead atoms. The molecule has 0 aromatic carbocycles. The molecule has 0 aliphatic rings. The number of hydrogen-bond acceptors (Lipinski definition) is 3. The zero-order valence-electron chi connectivity index (χ0n) is 8.51. The summed E-state index contributed by atoms with van der Waals surface area (Å²) in [5.74, 6) is -6.43. The molecule has 0 aliphatic heterocycles. The van der Waals surface area contributed by atoms with E-state index in [1.54, 1.807) is 0 Å². The van der Waals surface area contributed by atoms with Crippen LogP contribution in [0.15, 0.2) is 0 Å². The Kier molecular flexibility index (Phi) is 4.77. The van der Waals surface area contributed by atoms with Crippen molar-refractivity contribution in [2.24, 2.45) is 17.8 Å². The molecule has 15 heavy (non-hydrogen) atoms. The van der Waals surface area contributed by atoms with Crippen molar-refractivity contribution in [3.8, 4) is 0 Å². The predicted molar refractivity (Wildman–Crippen MR) is 49.3 cm³/mol. The van der Waals surface area contributed by atoms with Crippen LogP contribution >= 0.6 is 0 Å². The number of hydrogen-bond donors (Lipinski definition) is 3. The van der Waals surface area contributed by atoms with Crippen molar-refractivity contribution in [3.63, 3.8) is 0 Å². The Morgan fingerprint density at radius 1 is 1.00 bits per heavy atom. The second-order valence-electron chi connectivity index (χ2n) is 3.53. The van der Waals surface area contributed by atoms with Crippen LogP contribution in [0.4, 0.5) is 0 Å².